The van der Waals surface area contributed by atoms with Gasteiger partial charge in [-0.05, 0) is 36.6 Å². The first-order valence-corrected chi connectivity index (χ1v) is 12.7. The summed E-state index contributed by atoms with van der Waals surface area (Å²) in [7, 11) is -3.37. The number of aromatic nitrogens is 4. The van der Waals surface area contributed by atoms with Gasteiger partial charge in [0.2, 0.25) is 16.0 Å². The monoisotopic (exact) mass is 482 g/mol. The maximum Gasteiger partial charge on any atom is 0.223 e. The summed E-state index contributed by atoms with van der Waals surface area (Å²) in [6, 6.07) is 11.5. The van der Waals surface area contributed by atoms with Crippen molar-refractivity contribution < 1.29 is 8.42 Å². The van der Waals surface area contributed by atoms with E-state index in [0.29, 0.717) is 42.6 Å². The van der Waals surface area contributed by atoms with Crippen LogP contribution >= 0.6 is 11.6 Å². The molecule has 1 saturated heterocycles. The van der Waals surface area contributed by atoms with Crippen LogP contribution < -0.4 is 5.32 Å². The predicted molar refractivity (Wildman–Crippen MR) is 129 cm³/mol. The molecule has 0 atom stereocenters. The molecule has 0 spiro atoms. The molecule has 33 heavy (non-hydrogen) atoms. The number of pyridine rings is 1. The molecule has 1 fully saturated rings. The van der Waals surface area contributed by atoms with Gasteiger partial charge in [0.15, 0.2) is 0 Å². The molecule has 10 heteroatoms. The number of nitrogens with zero attached hydrogens (tertiary/aromatic N) is 4. The molecule has 4 aromatic rings. The third-order valence-corrected chi connectivity index (χ3v) is 7.99. The Bertz CT molecular complexity index is 1370. The van der Waals surface area contributed by atoms with Gasteiger partial charge in [-0.2, -0.15) is 0 Å². The zero-order valence-corrected chi connectivity index (χ0v) is 19.4. The van der Waals surface area contributed by atoms with E-state index in [0.717, 1.165) is 22.0 Å². The number of hydrogen-bond donors (Lipinski definition) is 2. The summed E-state index contributed by atoms with van der Waals surface area (Å²) >= 11 is 6.42. The summed E-state index contributed by atoms with van der Waals surface area (Å²) in [6.45, 7) is 0.905. The van der Waals surface area contributed by atoms with Crippen LogP contribution in [0.1, 0.15) is 18.4 Å². The number of rotatable bonds is 6. The van der Waals surface area contributed by atoms with Crippen LogP contribution in [0.3, 0.4) is 0 Å². The largest absolute Gasteiger partial charge is 0.360 e. The van der Waals surface area contributed by atoms with E-state index in [2.05, 4.69) is 25.3 Å². The van der Waals surface area contributed by atoms with Crippen molar-refractivity contribution in [3.8, 4) is 11.3 Å². The molecule has 170 valence electrons. The SMILES string of the molecule is O=S(=O)(Cc1ccncc1)N1CCC(Nc2ncc(Cl)c(-c3c[nH]c4ccccc34)n2)CC1. The van der Waals surface area contributed by atoms with E-state index in [1.165, 1.54) is 0 Å². The third-order valence-electron chi connectivity index (χ3n) is 5.87. The van der Waals surface area contributed by atoms with Crippen LogP contribution in [0, 0.1) is 0 Å². The molecule has 0 bridgehead atoms. The molecule has 4 heterocycles. The quantitative estimate of drug-likeness (QED) is 0.429. The summed E-state index contributed by atoms with van der Waals surface area (Å²) in [6.07, 6.45) is 8.06. The molecule has 1 aliphatic heterocycles. The Kier molecular flexibility index (Phi) is 6.01. The number of piperidine rings is 1. The van der Waals surface area contributed by atoms with Crippen molar-refractivity contribution in [2.45, 2.75) is 24.6 Å². The fraction of sp³-hybridized carbons (Fsp3) is 0.261. The van der Waals surface area contributed by atoms with E-state index < -0.39 is 10.0 Å². The molecule has 8 nitrogen and oxygen atoms in total. The molecular formula is C23H23ClN6O2S. The molecule has 0 amide bonds. The van der Waals surface area contributed by atoms with Crippen LogP contribution in [0.5, 0.6) is 0 Å². The lowest BCUT2D eigenvalue weighted by molar-refractivity contribution is 0.329. The van der Waals surface area contributed by atoms with Gasteiger partial charge in [0.05, 0.1) is 22.7 Å². The Morgan fingerprint density at radius 3 is 2.67 bits per heavy atom. The number of fused-ring (bicyclic) bond motifs is 1. The van der Waals surface area contributed by atoms with E-state index in [1.54, 1.807) is 35.0 Å². The molecule has 0 radical (unpaired) electrons. The van der Waals surface area contributed by atoms with Gasteiger partial charge in [-0.25, -0.2) is 22.7 Å². The fourth-order valence-electron chi connectivity index (χ4n) is 4.13. The Balaban J connectivity index is 1.26. The smallest absolute Gasteiger partial charge is 0.223 e. The molecule has 2 N–H and O–H groups in total. The molecule has 1 aromatic carbocycles. The zero-order chi connectivity index (χ0) is 22.8. The number of H-pyrrole nitrogens is 1. The predicted octanol–water partition coefficient (Wildman–Crippen LogP) is 4.08. The van der Waals surface area contributed by atoms with Crippen molar-refractivity contribution in [3.05, 3.63) is 71.8 Å². The van der Waals surface area contributed by atoms with Crippen molar-refractivity contribution in [3.63, 3.8) is 0 Å². The van der Waals surface area contributed by atoms with Crippen molar-refractivity contribution >= 4 is 38.5 Å². The highest BCUT2D eigenvalue weighted by Gasteiger charge is 2.28. The van der Waals surface area contributed by atoms with E-state index in [1.807, 2.05) is 30.5 Å². The number of hydrogen-bond acceptors (Lipinski definition) is 6. The number of benzene rings is 1. The molecule has 0 unspecified atom stereocenters. The summed E-state index contributed by atoms with van der Waals surface area (Å²) in [4.78, 5) is 16.2. The van der Waals surface area contributed by atoms with Crippen molar-refractivity contribution in [2.24, 2.45) is 0 Å². The van der Waals surface area contributed by atoms with Crippen molar-refractivity contribution in [2.75, 3.05) is 18.4 Å². The fourth-order valence-corrected chi connectivity index (χ4v) is 5.89. The van der Waals surface area contributed by atoms with Gasteiger partial charge in [0.1, 0.15) is 0 Å². The minimum Gasteiger partial charge on any atom is -0.360 e. The van der Waals surface area contributed by atoms with Gasteiger partial charge in [-0.15, -0.1) is 0 Å². The minimum absolute atomic E-state index is 0.0120. The number of nitrogens with one attached hydrogen (secondary N) is 2. The van der Waals surface area contributed by atoms with Crippen molar-refractivity contribution in [1.29, 1.82) is 0 Å². The van der Waals surface area contributed by atoms with Crippen molar-refractivity contribution in [1.82, 2.24) is 24.2 Å². The highest BCUT2D eigenvalue weighted by atomic mass is 35.5. The minimum atomic E-state index is -3.37. The number of anilines is 1. The van der Waals surface area contributed by atoms with E-state index in [9.17, 15) is 8.42 Å². The lowest BCUT2D eigenvalue weighted by Crippen LogP contribution is -2.43. The molecular weight excluding hydrogens is 460 g/mol. The summed E-state index contributed by atoms with van der Waals surface area (Å²) in [5, 5.41) is 4.87. The van der Waals surface area contributed by atoms with Gasteiger partial charge in [-0.3, -0.25) is 4.98 Å². The number of halogens is 1. The second kappa shape index (κ2) is 9.09. The first-order chi connectivity index (χ1) is 16.0. The first-order valence-electron chi connectivity index (χ1n) is 10.7. The standard InChI is InChI=1S/C23H23ClN6O2S/c24-20-14-27-23(29-22(20)19-13-26-21-4-2-1-3-18(19)21)28-17-7-11-30(12-8-17)33(31,32)15-16-5-9-25-10-6-16/h1-6,9-10,13-14,17,26H,7-8,11-12,15H2,(H,27,28,29). The molecule has 0 aliphatic carbocycles. The van der Waals surface area contributed by atoms with Crippen LogP contribution in [0.15, 0.2) is 61.2 Å². The Hall–Kier alpha value is -3.01. The summed E-state index contributed by atoms with van der Waals surface area (Å²) in [5.41, 5.74) is 3.32. The lowest BCUT2D eigenvalue weighted by Gasteiger charge is -2.31. The van der Waals surface area contributed by atoms with E-state index in [4.69, 9.17) is 11.6 Å². The Labute approximate surface area is 197 Å². The van der Waals surface area contributed by atoms with E-state index in [-0.39, 0.29) is 11.8 Å². The van der Waals surface area contributed by atoms with E-state index >= 15 is 0 Å². The van der Waals surface area contributed by atoms with Gasteiger partial charge in [0.25, 0.3) is 0 Å². The maximum atomic E-state index is 12.8. The summed E-state index contributed by atoms with van der Waals surface area (Å²) < 4.78 is 27.1. The molecule has 3 aromatic heterocycles. The number of para-hydroxylation sites is 1. The van der Waals surface area contributed by atoms with Gasteiger partial charge >= 0.3 is 0 Å². The van der Waals surface area contributed by atoms with Crippen LogP contribution in [0.2, 0.25) is 5.02 Å². The van der Waals surface area contributed by atoms with Crippen LogP contribution in [0.4, 0.5) is 5.95 Å². The molecule has 1 aliphatic rings. The Morgan fingerprint density at radius 1 is 1.12 bits per heavy atom. The summed E-state index contributed by atoms with van der Waals surface area (Å²) in [5.74, 6) is 0.472. The van der Waals surface area contributed by atoms with Crippen LogP contribution in [0.25, 0.3) is 22.2 Å². The zero-order valence-electron chi connectivity index (χ0n) is 17.8. The second-order valence-corrected chi connectivity index (χ2v) is 10.4. The van der Waals surface area contributed by atoms with Gasteiger partial charge in [-0.1, -0.05) is 29.8 Å². The maximum absolute atomic E-state index is 12.8. The first kappa shape index (κ1) is 21.8. The van der Waals surface area contributed by atoms with Gasteiger partial charge in [0, 0.05) is 54.2 Å². The van der Waals surface area contributed by atoms with Crippen LogP contribution in [-0.2, 0) is 15.8 Å². The van der Waals surface area contributed by atoms with Crippen LogP contribution in [-0.4, -0.2) is 51.8 Å². The number of aromatic amines is 1. The average Bonchev–Trinajstić information content (AvgIpc) is 3.25. The normalized spacial score (nSPS) is 15.7. The highest BCUT2D eigenvalue weighted by molar-refractivity contribution is 7.88. The molecule has 5 rings (SSSR count). The second-order valence-electron chi connectivity index (χ2n) is 8.07. The molecule has 0 saturated carbocycles. The lowest BCUT2D eigenvalue weighted by atomic mass is 10.1. The third kappa shape index (κ3) is 4.71. The topological polar surface area (TPSA) is 104 Å². The van der Waals surface area contributed by atoms with Gasteiger partial charge < -0.3 is 10.3 Å². The number of sulfonamides is 1. The average molecular weight is 483 g/mol. The highest BCUT2D eigenvalue weighted by Crippen LogP contribution is 2.32. The Morgan fingerprint density at radius 2 is 1.88 bits per heavy atom.